The molecule has 0 fully saturated rings. The number of terminal acetylenes is 1. The summed E-state index contributed by atoms with van der Waals surface area (Å²) in [4.78, 5) is 13.9. The molecule has 26 heavy (non-hydrogen) atoms. The lowest BCUT2D eigenvalue weighted by Gasteiger charge is -2.41. The smallest absolute Gasteiger partial charge is 0.299 e. The SMILES string of the molecule is C#CC(=O)N1[C@@H](c2c(F)cccc2F)C2=C(C[C@@H]1C)c1ccccc1C2. The Bertz CT molecular complexity index is 966. The molecule has 0 bridgehead atoms. The van der Waals surface area contributed by atoms with Crippen LogP contribution in [0.4, 0.5) is 8.78 Å². The van der Waals surface area contributed by atoms with E-state index in [2.05, 4.69) is 5.92 Å². The van der Waals surface area contributed by atoms with Crippen molar-refractivity contribution in [3.63, 3.8) is 0 Å². The maximum Gasteiger partial charge on any atom is 0.299 e. The second kappa shape index (κ2) is 6.10. The van der Waals surface area contributed by atoms with Crippen molar-refractivity contribution < 1.29 is 13.6 Å². The van der Waals surface area contributed by atoms with Gasteiger partial charge in [0.05, 0.1) is 11.6 Å². The first-order chi connectivity index (χ1) is 12.5. The van der Waals surface area contributed by atoms with Crippen LogP contribution in [0.25, 0.3) is 5.57 Å². The molecular weight excluding hydrogens is 332 g/mol. The number of amides is 1. The summed E-state index contributed by atoms with van der Waals surface area (Å²) in [7, 11) is 0. The molecule has 1 aliphatic heterocycles. The molecule has 0 aromatic heterocycles. The molecule has 1 heterocycles. The zero-order valence-electron chi connectivity index (χ0n) is 14.3. The number of rotatable bonds is 1. The van der Waals surface area contributed by atoms with E-state index in [0.717, 1.165) is 22.3 Å². The van der Waals surface area contributed by atoms with Crippen molar-refractivity contribution in [2.45, 2.75) is 31.8 Å². The van der Waals surface area contributed by atoms with Gasteiger partial charge < -0.3 is 4.90 Å². The molecule has 2 aliphatic rings. The molecule has 2 nitrogen and oxygen atoms in total. The monoisotopic (exact) mass is 349 g/mol. The van der Waals surface area contributed by atoms with Crippen molar-refractivity contribution in [3.05, 3.63) is 76.4 Å². The number of nitrogens with zero attached hydrogens (tertiary/aromatic N) is 1. The van der Waals surface area contributed by atoms with Gasteiger partial charge in [0.1, 0.15) is 11.6 Å². The molecule has 0 radical (unpaired) electrons. The Labute approximate surface area is 151 Å². The summed E-state index contributed by atoms with van der Waals surface area (Å²) in [5.41, 5.74) is 4.03. The van der Waals surface area contributed by atoms with E-state index in [-0.39, 0.29) is 11.6 Å². The maximum atomic E-state index is 14.6. The third kappa shape index (κ3) is 2.35. The van der Waals surface area contributed by atoms with E-state index in [4.69, 9.17) is 6.42 Å². The first-order valence-corrected chi connectivity index (χ1v) is 8.56. The highest BCUT2D eigenvalue weighted by molar-refractivity contribution is 5.95. The van der Waals surface area contributed by atoms with Crippen LogP contribution in [-0.4, -0.2) is 16.8 Å². The second-order valence-electron chi connectivity index (χ2n) is 6.79. The number of hydrogen-bond acceptors (Lipinski definition) is 1. The van der Waals surface area contributed by atoms with Crippen molar-refractivity contribution >= 4 is 11.5 Å². The summed E-state index contributed by atoms with van der Waals surface area (Å²) in [5.74, 6) is 0.246. The van der Waals surface area contributed by atoms with Gasteiger partial charge in [-0.1, -0.05) is 30.3 Å². The Morgan fingerprint density at radius 2 is 1.85 bits per heavy atom. The number of halogens is 2. The van der Waals surface area contributed by atoms with Gasteiger partial charge in [-0.15, -0.1) is 6.42 Å². The van der Waals surface area contributed by atoms with Gasteiger partial charge in [0, 0.05) is 6.04 Å². The van der Waals surface area contributed by atoms with Crippen LogP contribution in [0.1, 0.15) is 36.1 Å². The summed E-state index contributed by atoms with van der Waals surface area (Å²) in [6.07, 6.45) is 6.54. The Morgan fingerprint density at radius 1 is 1.15 bits per heavy atom. The molecule has 0 saturated carbocycles. The van der Waals surface area contributed by atoms with Crippen molar-refractivity contribution in [1.82, 2.24) is 4.90 Å². The minimum absolute atomic E-state index is 0.108. The predicted molar refractivity (Wildman–Crippen MR) is 95.9 cm³/mol. The number of fused-ring (bicyclic) bond motifs is 2. The Morgan fingerprint density at radius 3 is 2.54 bits per heavy atom. The Kier molecular flexibility index (Phi) is 3.88. The molecule has 0 spiro atoms. The van der Waals surface area contributed by atoms with Gasteiger partial charge in [0.25, 0.3) is 5.91 Å². The van der Waals surface area contributed by atoms with Crippen LogP contribution >= 0.6 is 0 Å². The van der Waals surface area contributed by atoms with Crippen LogP contribution in [0.3, 0.4) is 0 Å². The van der Waals surface area contributed by atoms with E-state index >= 15 is 0 Å². The van der Waals surface area contributed by atoms with E-state index < -0.39 is 23.6 Å². The molecule has 2 aromatic carbocycles. The molecule has 4 heteroatoms. The van der Waals surface area contributed by atoms with E-state index in [1.54, 1.807) is 0 Å². The number of carbonyl (C=O) groups excluding carboxylic acids is 1. The van der Waals surface area contributed by atoms with Crippen LogP contribution in [-0.2, 0) is 11.2 Å². The maximum absolute atomic E-state index is 14.6. The summed E-state index contributed by atoms with van der Waals surface area (Å²) in [6.45, 7) is 1.87. The van der Waals surface area contributed by atoms with Crippen LogP contribution in [0, 0.1) is 24.0 Å². The van der Waals surface area contributed by atoms with Gasteiger partial charge in [-0.05, 0) is 60.1 Å². The first-order valence-electron chi connectivity index (χ1n) is 8.56. The average molecular weight is 349 g/mol. The van der Waals surface area contributed by atoms with Crippen molar-refractivity contribution in [1.29, 1.82) is 0 Å². The highest BCUT2D eigenvalue weighted by atomic mass is 19.1. The molecule has 2 atom stereocenters. The van der Waals surface area contributed by atoms with Crippen LogP contribution in [0.5, 0.6) is 0 Å². The summed E-state index contributed by atoms with van der Waals surface area (Å²) >= 11 is 0. The highest BCUT2D eigenvalue weighted by Crippen LogP contribution is 2.49. The summed E-state index contributed by atoms with van der Waals surface area (Å²) in [5, 5.41) is 0. The number of benzene rings is 2. The largest absolute Gasteiger partial charge is 0.318 e. The minimum Gasteiger partial charge on any atom is -0.318 e. The zero-order chi connectivity index (χ0) is 18.4. The highest BCUT2D eigenvalue weighted by Gasteiger charge is 2.42. The third-order valence-electron chi connectivity index (χ3n) is 5.32. The third-order valence-corrected chi connectivity index (χ3v) is 5.32. The van der Waals surface area contributed by atoms with Crippen molar-refractivity contribution in [2.24, 2.45) is 0 Å². The Balaban J connectivity index is 1.96. The minimum atomic E-state index is -0.828. The summed E-state index contributed by atoms with van der Waals surface area (Å²) < 4.78 is 29.3. The molecule has 2 aromatic rings. The molecule has 0 N–H and O–H groups in total. The number of carbonyl (C=O) groups is 1. The molecule has 130 valence electrons. The van der Waals surface area contributed by atoms with E-state index in [1.807, 2.05) is 31.2 Å². The van der Waals surface area contributed by atoms with Crippen LogP contribution < -0.4 is 0 Å². The fraction of sp³-hybridized carbons (Fsp3) is 0.227. The fourth-order valence-electron chi connectivity index (χ4n) is 4.25. The Hall–Kier alpha value is -2.93. The van der Waals surface area contributed by atoms with Gasteiger partial charge >= 0.3 is 0 Å². The van der Waals surface area contributed by atoms with Gasteiger partial charge in [0.2, 0.25) is 0 Å². The predicted octanol–water partition coefficient (Wildman–Crippen LogP) is 4.27. The lowest BCUT2D eigenvalue weighted by atomic mass is 9.84. The van der Waals surface area contributed by atoms with Crippen molar-refractivity contribution in [2.75, 3.05) is 0 Å². The quantitative estimate of drug-likeness (QED) is 0.704. The number of hydrogen-bond donors (Lipinski definition) is 0. The topological polar surface area (TPSA) is 20.3 Å². The normalized spacial score (nSPS) is 21.2. The fourth-order valence-corrected chi connectivity index (χ4v) is 4.25. The van der Waals surface area contributed by atoms with Crippen LogP contribution in [0.2, 0.25) is 0 Å². The molecule has 4 rings (SSSR count). The zero-order valence-corrected chi connectivity index (χ0v) is 14.3. The lowest BCUT2D eigenvalue weighted by Crippen LogP contribution is -2.45. The molecule has 0 unspecified atom stereocenters. The molecule has 1 amide bonds. The van der Waals surface area contributed by atoms with Crippen LogP contribution in [0.15, 0.2) is 48.0 Å². The second-order valence-corrected chi connectivity index (χ2v) is 6.79. The molecular formula is C22H17F2NO. The van der Waals surface area contributed by atoms with Gasteiger partial charge in [-0.25, -0.2) is 8.78 Å². The van der Waals surface area contributed by atoms with Crippen molar-refractivity contribution in [3.8, 4) is 12.3 Å². The lowest BCUT2D eigenvalue weighted by molar-refractivity contribution is -0.129. The van der Waals surface area contributed by atoms with E-state index in [9.17, 15) is 13.6 Å². The average Bonchev–Trinajstić information content (AvgIpc) is 2.99. The summed E-state index contributed by atoms with van der Waals surface area (Å²) in [6, 6.07) is 10.6. The first kappa shape index (κ1) is 16.5. The van der Waals surface area contributed by atoms with Gasteiger partial charge in [-0.2, -0.15) is 0 Å². The molecule has 1 aliphatic carbocycles. The van der Waals surface area contributed by atoms with E-state index in [1.165, 1.54) is 23.1 Å². The molecule has 0 saturated heterocycles. The van der Waals surface area contributed by atoms with E-state index in [0.29, 0.717) is 12.8 Å². The van der Waals surface area contributed by atoms with Gasteiger partial charge in [-0.3, -0.25) is 4.79 Å². The standard InChI is InChI=1S/C22H17F2NO/c1-3-20(26)25-13(2)11-16-15-8-5-4-7-14(15)12-17(16)22(25)21-18(23)9-6-10-19(21)24/h1,4-10,13,22H,11-12H2,2H3/t13-,22+/m0/s1. The van der Waals surface area contributed by atoms with Gasteiger partial charge in [0.15, 0.2) is 0 Å².